The molecule has 0 unspecified atom stereocenters. The van der Waals surface area contributed by atoms with Crippen molar-refractivity contribution in [2.45, 2.75) is 6.18 Å². The second-order valence-corrected chi connectivity index (χ2v) is 5.98. The first-order valence-corrected chi connectivity index (χ1v) is 8.31. The van der Waals surface area contributed by atoms with Crippen LogP contribution in [0.5, 0.6) is 0 Å². The van der Waals surface area contributed by atoms with Gasteiger partial charge in [-0.3, -0.25) is 14.3 Å². The summed E-state index contributed by atoms with van der Waals surface area (Å²) in [5.41, 5.74) is 8.53. The van der Waals surface area contributed by atoms with E-state index in [1.54, 1.807) is 24.3 Å². The summed E-state index contributed by atoms with van der Waals surface area (Å²) in [6.45, 7) is 0. The minimum absolute atomic E-state index is 0.354. The molecule has 0 fully saturated rings. The quantitative estimate of drug-likeness (QED) is 0.383. The minimum Gasteiger partial charge on any atom is -0.475 e. The van der Waals surface area contributed by atoms with Crippen molar-refractivity contribution < 1.29 is 32.4 Å². The zero-order valence-electron chi connectivity index (χ0n) is 15.2. The van der Waals surface area contributed by atoms with E-state index in [4.69, 9.17) is 15.6 Å². The number of rotatable bonds is 3. The normalized spacial score (nSPS) is 11.1. The molecule has 10 nitrogen and oxygen atoms in total. The number of nitrogens with zero attached hydrogens (tertiary/aromatic N) is 2. The van der Waals surface area contributed by atoms with Crippen molar-refractivity contribution in [3.05, 3.63) is 58.6 Å². The Morgan fingerprint density at radius 3 is 2.06 bits per heavy atom. The van der Waals surface area contributed by atoms with Crippen molar-refractivity contribution in [2.24, 2.45) is 5.73 Å². The Kier molecular flexibility index (Phi) is 5.59. The highest BCUT2D eigenvalue weighted by molar-refractivity contribution is 6.04. The topological polar surface area (TPSA) is 168 Å². The Hall–Kier alpha value is -4.42. The first kappa shape index (κ1) is 21.3. The summed E-state index contributed by atoms with van der Waals surface area (Å²) in [6, 6.07) is 12.4. The number of carbonyl (C=O) groups is 2. The van der Waals surface area contributed by atoms with Gasteiger partial charge in [0, 0.05) is 11.1 Å². The third-order valence-corrected chi connectivity index (χ3v) is 3.89. The molecule has 160 valence electrons. The number of nitrogens with one attached hydrogen (secondary N) is 2. The largest absolute Gasteiger partial charge is 0.490 e. The summed E-state index contributed by atoms with van der Waals surface area (Å²) in [7, 11) is 0. The van der Waals surface area contributed by atoms with Gasteiger partial charge in [0.25, 0.3) is 5.91 Å². The second kappa shape index (κ2) is 8.14. The molecule has 2 heterocycles. The molecular weight excluding hydrogens is 423 g/mol. The number of aromatic nitrogens is 4. The van der Waals surface area contributed by atoms with E-state index in [1.165, 1.54) is 0 Å². The molecule has 0 saturated heterocycles. The van der Waals surface area contributed by atoms with Crippen LogP contribution in [0.25, 0.3) is 33.8 Å². The number of carbonyl (C=O) groups excluding carboxylic acids is 1. The van der Waals surface area contributed by atoms with Gasteiger partial charge >= 0.3 is 17.9 Å². The van der Waals surface area contributed by atoms with Crippen LogP contribution in [0.1, 0.15) is 10.4 Å². The lowest BCUT2D eigenvalue weighted by Gasteiger charge is -1.98. The molecular formula is C18H12F3N5O5. The first-order valence-electron chi connectivity index (χ1n) is 8.31. The van der Waals surface area contributed by atoms with Gasteiger partial charge in [-0.2, -0.15) is 13.2 Å². The van der Waals surface area contributed by atoms with Crippen molar-refractivity contribution in [1.82, 2.24) is 20.1 Å². The van der Waals surface area contributed by atoms with E-state index in [0.717, 1.165) is 11.1 Å². The molecule has 13 heteroatoms. The number of amides is 1. The number of carboxylic acids is 1. The molecule has 31 heavy (non-hydrogen) atoms. The molecule has 0 aliphatic heterocycles. The summed E-state index contributed by atoms with van der Waals surface area (Å²) in [6.07, 6.45) is -5.08. The van der Waals surface area contributed by atoms with Gasteiger partial charge in [-0.1, -0.05) is 35.5 Å². The van der Waals surface area contributed by atoms with Crippen molar-refractivity contribution in [1.29, 1.82) is 0 Å². The van der Waals surface area contributed by atoms with Crippen LogP contribution in [0.4, 0.5) is 13.2 Å². The molecule has 1 amide bonds. The maximum atomic E-state index is 11.5. The molecule has 2 aromatic carbocycles. The van der Waals surface area contributed by atoms with Gasteiger partial charge in [-0.25, -0.2) is 14.6 Å². The predicted molar refractivity (Wildman–Crippen MR) is 99.9 cm³/mol. The zero-order chi connectivity index (χ0) is 22.8. The SMILES string of the molecule is NC(=O)c1cccc2[nH]c(-c3ccc(-c4noc(=O)[nH]4)cc3)nc12.O=C(O)C(F)(F)F. The average Bonchev–Trinajstić information content (AvgIpc) is 3.33. The fourth-order valence-corrected chi connectivity index (χ4v) is 2.51. The van der Waals surface area contributed by atoms with Crippen LogP contribution in [0.2, 0.25) is 0 Å². The number of fused-ring (bicyclic) bond motifs is 1. The molecule has 4 rings (SSSR count). The number of hydrogen-bond acceptors (Lipinski definition) is 6. The number of para-hydroxylation sites is 1. The lowest BCUT2D eigenvalue weighted by atomic mass is 10.1. The molecule has 0 aliphatic rings. The minimum atomic E-state index is -5.08. The highest BCUT2D eigenvalue weighted by atomic mass is 19.4. The maximum Gasteiger partial charge on any atom is 0.490 e. The number of aromatic amines is 2. The van der Waals surface area contributed by atoms with Crippen LogP contribution in [-0.2, 0) is 4.79 Å². The molecule has 0 atom stereocenters. The number of benzene rings is 2. The average molecular weight is 435 g/mol. The molecule has 0 saturated carbocycles. The van der Waals surface area contributed by atoms with Crippen LogP contribution < -0.4 is 11.5 Å². The van der Waals surface area contributed by atoms with Gasteiger partial charge in [0.15, 0.2) is 5.82 Å². The second-order valence-electron chi connectivity index (χ2n) is 5.98. The van der Waals surface area contributed by atoms with Gasteiger partial charge in [0.1, 0.15) is 11.3 Å². The first-order chi connectivity index (χ1) is 14.6. The maximum absolute atomic E-state index is 11.5. The molecule has 0 bridgehead atoms. The number of hydrogen-bond donors (Lipinski definition) is 4. The van der Waals surface area contributed by atoms with Gasteiger partial charge in [-0.05, 0) is 12.1 Å². The number of H-pyrrole nitrogens is 2. The van der Waals surface area contributed by atoms with E-state index >= 15 is 0 Å². The van der Waals surface area contributed by atoms with Gasteiger partial charge in [0.05, 0.1) is 11.1 Å². The summed E-state index contributed by atoms with van der Waals surface area (Å²) < 4.78 is 36.2. The highest BCUT2D eigenvalue weighted by Crippen LogP contribution is 2.24. The molecule has 4 aromatic rings. The molecule has 0 aliphatic carbocycles. The lowest BCUT2D eigenvalue weighted by Crippen LogP contribution is -2.21. The number of alkyl halides is 3. The third kappa shape index (κ3) is 4.77. The smallest absolute Gasteiger partial charge is 0.475 e. The highest BCUT2D eigenvalue weighted by Gasteiger charge is 2.38. The van der Waals surface area contributed by atoms with Crippen LogP contribution in [0.15, 0.2) is 51.8 Å². The molecule has 0 spiro atoms. The van der Waals surface area contributed by atoms with Crippen LogP contribution >= 0.6 is 0 Å². The monoisotopic (exact) mass is 435 g/mol. The fraction of sp³-hybridized carbons (Fsp3) is 0.0556. The number of primary amides is 1. The van der Waals surface area contributed by atoms with E-state index in [1.807, 2.05) is 18.2 Å². The Labute approximate surface area is 169 Å². The van der Waals surface area contributed by atoms with Gasteiger partial charge in [0.2, 0.25) is 0 Å². The van der Waals surface area contributed by atoms with Crippen LogP contribution in [-0.4, -0.2) is 43.3 Å². The molecule has 0 radical (unpaired) electrons. The summed E-state index contributed by atoms with van der Waals surface area (Å²) in [5, 5.41) is 10.8. The number of halogens is 3. The van der Waals surface area contributed by atoms with E-state index in [2.05, 4.69) is 24.6 Å². The summed E-state index contributed by atoms with van der Waals surface area (Å²) >= 11 is 0. The van der Waals surface area contributed by atoms with Gasteiger partial charge < -0.3 is 15.8 Å². The van der Waals surface area contributed by atoms with Gasteiger partial charge in [-0.15, -0.1) is 0 Å². The predicted octanol–water partition coefficient (Wildman–Crippen LogP) is 2.31. The van der Waals surface area contributed by atoms with Crippen molar-refractivity contribution in [2.75, 3.05) is 0 Å². The zero-order valence-corrected chi connectivity index (χ0v) is 15.2. The van der Waals surface area contributed by atoms with E-state index in [9.17, 15) is 22.8 Å². The number of aliphatic carboxylic acids is 1. The summed E-state index contributed by atoms with van der Waals surface area (Å²) in [4.78, 5) is 41.5. The molecule has 5 N–H and O–H groups in total. The van der Waals surface area contributed by atoms with Crippen LogP contribution in [0, 0.1) is 0 Å². The van der Waals surface area contributed by atoms with E-state index in [0.29, 0.717) is 28.3 Å². The van der Waals surface area contributed by atoms with Crippen molar-refractivity contribution >= 4 is 22.9 Å². The van der Waals surface area contributed by atoms with E-state index in [-0.39, 0.29) is 0 Å². The Bertz CT molecular complexity index is 1300. The molecule has 2 aromatic heterocycles. The number of nitrogens with two attached hydrogens (primary N) is 1. The Balaban J connectivity index is 0.000000339. The number of carboxylic acid groups (broad SMARTS) is 1. The van der Waals surface area contributed by atoms with E-state index < -0.39 is 23.8 Å². The Morgan fingerprint density at radius 1 is 1.00 bits per heavy atom. The number of imidazole rings is 1. The Morgan fingerprint density at radius 2 is 1.58 bits per heavy atom. The summed E-state index contributed by atoms with van der Waals surface area (Å²) in [5.74, 6) is -2.92. The lowest BCUT2D eigenvalue weighted by molar-refractivity contribution is -0.192. The standard InChI is InChI=1S/C16H11N5O3.C2HF3O2/c17-13(22)10-2-1-3-11-12(10)19-14(18-11)8-4-6-9(7-5-8)15-20-16(23)24-21-15;3-2(4,5)1(6)7/h1-7H,(H2,17,22)(H,18,19)(H,20,21,23);(H,6,7). The van der Waals surface area contributed by atoms with Crippen LogP contribution in [0.3, 0.4) is 0 Å². The van der Waals surface area contributed by atoms with Crippen molar-refractivity contribution in [3.63, 3.8) is 0 Å². The van der Waals surface area contributed by atoms with Crippen molar-refractivity contribution in [3.8, 4) is 22.8 Å². The third-order valence-electron chi connectivity index (χ3n) is 3.89. The fourth-order valence-electron chi connectivity index (χ4n) is 2.51.